The molecule has 112 valence electrons. The summed E-state index contributed by atoms with van der Waals surface area (Å²) in [6, 6.07) is 0.262. The first-order valence-electron chi connectivity index (χ1n) is 7.49. The number of nitrogens with two attached hydrogens (primary N) is 1. The molecule has 2 heterocycles. The number of likely N-dealkylation sites (tertiary alicyclic amines) is 1. The number of aliphatic imine (C=N–C) groups is 1. The van der Waals surface area contributed by atoms with Crippen molar-refractivity contribution in [2.45, 2.75) is 45.6 Å². The van der Waals surface area contributed by atoms with E-state index in [1.807, 2.05) is 4.90 Å². The van der Waals surface area contributed by atoms with Crippen LogP contribution in [0.25, 0.3) is 0 Å². The van der Waals surface area contributed by atoms with E-state index in [-0.39, 0.29) is 11.9 Å². The zero-order valence-corrected chi connectivity index (χ0v) is 12.5. The summed E-state index contributed by atoms with van der Waals surface area (Å²) >= 11 is 0. The lowest BCUT2D eigenvalue weighted by molar-refractivity contribution is -0.128. The van der Waals surface area contributed by atoms with Gasteiger partial charge in [0, 0.05) is 50.0 Å². The maximum absolute atomic E-state index is 11.6. The molecule has 20 heavy (non-hydrogen) atoms. The van der Waals surface area contributed by atoms with Crippen molar-refractivity contribution in [1.29, 1.82) is 0 Å². The highest BCUT2D eigenvalue weighted by molar-refractivity contribution is 6.03. The Kier molecular flexibility index (Phi) is 5.17. The Bertz CT molecular complexity index is 423. The minimum Gasteiger partial charge on any atom is -0.402 e. The summed E-state index contributed by atoms with van der Waals surface area (Å²) in [4.78, 5) is 18.3. The van der Waals surface area contributed by atoms with Gasteiger partial charge in [0.25, 0.3) is 0 Å². The van der Waals surface area contributed by atoms with Crippen LogP contribution in [0, 0.1) is 0 Å². The van der Waals surface area contributed by atoms with E-state index in [9.17, 15) is 4.79 Å². The molecule has 0 aromatic carbocycles. The third-order valence-corrected chi connectivity index (χ3v) is 3.91. The minimum absolute atomic E-state index is 0.107. The highest BCUT2D eigenvalue weighted by atomic mass is 16.5. The summed E-state index contributed by atoms with van der Waals surface area (Å²) in [5.74, 6) is 0.107. The molecule has 0 saturated carbocycles. The number of rotatable bonds is 3. The number of allylic oxidation sites excluding steroid dienone is 1. The fourth-order valence-corrected chi connectivity index (χ4v) is 2.72. The van der Waals surface area contributed by atoms with Crippen LogP contribution in [0.5, 0.6) is 0 Å². The largest absolute Gasteiger partial charge is 0.402 e. The second kappa shape index (κ2) is 6.88. The van der Waals surface area contributed by atoms with Gasteiger partial charge in [-0.2, -0.15) is 0 Å². The first-order valence-corrected chi connectivity index (χ1v) is 7.49. The lowest BCUT2D eigenvalue weighted by Gasteiger charge is -2.30. The Morgan fingerprint density at radius 3 is 2.95 bits per heavy atom. The number of ether oxygens (including phenoxy) is 1. The van der Waals surface area contributed by atoms with Crippen LogP contribution < -0.4 is 5.73 Å². The van der Waals surface area contributed by atoms with E-state index in [2.05, 4.69) is 6.92 Å². The summed E-state index contributed by atoms with van der Waals surface area (Å²) in [5, 5.41) is 0. The molecule has 2 N–H and O–H groups in total. The maximum atomic E-state index is 11.6. The van der Waals surface area contributed by atoms with Gasteiger partial charge in [-0.25, -0.2) is 0 Å². The Labute approximate surface area is 120 Å². The second-order valence-corrected chi connectivity index (χ2v) is 5.54. The molecule has 2 aliphatic rings. The molecule has 2 aliphatic heterocycles. The monoisotopic (exact) mass is 279 g/mol. The molecule has 0 aromatic rings. The van der Waals surface area contributed by atoms with Gasteiger partial charge >= 0.3 is 0 Å². The quantitative estimate of drug-likeness (QED) is 0.851. The molecule has 1 atom stereocenters. The Morgan fingerprint density at radius 2 is 2.35 bits per heavy atom. The van der Waals surface area contributed by atoms with Crippen molar-refractivity contribution in [1.82, 2.24) is 4.90 Å². The predicted octanol–water partition coefficient (Wildman–Crippen LogP) is 1.48. The van der Waals surface area contributed by atoms with Crippen molar-refractivity contribution < 1.29 is 9.53 Å². The van der Waals surface area contributed by atoms with Gasteiger partial charge in [-0.15, -0.1) is 0 Å². The normalized spacial score (nSPS) is 28.0. The highest BCUT2D eigenvalue weighted by Gasteiger charge is 2.25. The molecule has 0 aliphatic carbocycles. The molecule has 5 nitrogen and oxygen atoms in total. The van der Waals surface area contributed by atoms with Crippen LogP contribution in [0.2, 0.25) is 0 Å². The van der Waals surface area contributed by atoms with Crippen molar-refractivity contribution in [2.24, 2.45) is 10.7 Å². The van der Waals surface area contributed by atoms with Gasteiger partial charge in [-0.05, 0) is 12.8 Å². The van der Waals surface area contributed by atoms with Gasteiger partial charge < -0.3 is 15.4 Å². The molecule has 1 amide bonds. The van der Waals surface area contributed by atoms with Gasteiger partial charge in [0.15, 0.2) is 0 Å². The molecular weight excluding hydrogens is 254 g/mol. The lowest BCUT2D eigenvalue weighted by atomic mass is 9.97. The lowest BCUT2D eigenvalue weighted by Crippen LogP contribution is -2.40. The van der Waals surface area contributed by atoms with E-state index in [0.717, 1.165) is 55.8 Å². The van der Waals surface area contributed by atoms with Crippen LogP contribution in [-0.4, -0.2) is 48.9 Å². The highest BCUT2D eigenvalue weighted by Crippen LogP contribution is 2.20. The number of amides is 1. The van der Waals surface area contributed by atoms with E-state index < -0.39 is 0 Å². The van der Waals surface area contributed by atoms with Crippen LogP contribution in [0.1, 0.15) is 39.5 Å². The molecule has 0 radical (unpaired) electrons. The van der Waals surface area contributed by atoms with E-state index in [4.69, 9.17) is 15.5 Å². The van der Waals surface area contributed by atoms with Crippen molar-refractivity contribution >= 4 is 11.6 Å². The molecule has 2 saturated heterocycles. The number of carbonyl (C=O) groups is 1. The number of carbonyl (C=O) groups excluding carboxylic acids is 1. The van der Waals surface area contributed by atoms with Gasteiger partial charge in [-0.1, -0.05) is 13.3 Å². The molecule has 0 spiro atoms. The predicted molar refractivity (Wildman–Crippen MR) is 79.7 cm³/mol. The van der Waals surface area contributed by atoms with Crippen molar-refractivity contribution in [3.05, 3.63) is 11.3 Å². The number of hydrogen-bond acceptors (Lipinski definition) is 4. The average molecular weight is 279 g/mol. The second-order valence-electron chi connectivity index (χ2n) is 5.54. The van der Waals surface area contributed by atoms with Gasteiger partial charge in [0.1, 0.15) is 0 Å². The smallest absolute Gasteiger partial charge is 0.219 e. The number of piperidine rings is 1. The molecule has 2 rings (SSSR count). The third-order valence-electron chi connectivity index (χ3n) is 3.91. The first kappa shape index (κ1) is 15.0. The molecule has 0 bridgehead atoms. The Balaban J connectivity index is 2.20. The molecule has 1 unspecified atom stereocenters. The number of hydrogen-bond donors (Lipinski definition) is 1. The fraction of sp³-hybridized carbons (Fsp3) is 0.733. The summed E-state index contributed by atoms with van der Waals surface area (Å²) in [5.41, 5.74) is 9.26. The van der Waals surface area contributed by atoms with Crippen LogP contribution >= 0.6 is 0 Å². The SMILES string of the molecule is CCC/C(N)=C1\CN(C(C)=O)CCC1=NC1CCOC1. The van der Waals surface area contributed by atoms with E-state index in [0.29, 0.717) is 13.2 Å². The van der Waals surface area contributed by atoms with Crippen LogP contribution in [-0.2, 0) is 9.53 Å². The molecular formula is C15H25N3O2. The zero-order chi connectivity index (χ0) is 14.5. The van der Waals surface area contributed by atoms with Gasteiger partial charge in [0.05, 0.1) is 12.6 Å². The third kappa shape index (κ3) is 3.60. The summed E-state index contributed by atoms with van der Waals surface area (Å²) < 4.78 is 5.38. The average Bonchev–Trinajstić information content (AvgIpc) is 2.92. The molecule has 0 aromatic heterocycles. The zero-order valence-electron chi connectivity index (χ0n) is 12.5. The molecule has 5 heteroatoms. The van der Waals surface area contributed by atoms with E-state index in [1.54, 1.807) is 6.92 Å². The summed E-state index contributed by atoms with van der Waals surface area (Å²) in [7, 11) is 0. The van der Waals surface area contributed by atoms with E-state index >= 15 is 0 Å². The minimum atomic E-state index is 0.107. The summed E-state index contributed by atoms with van der Waals surface area (Å²) in [6.45, 7) is 6.57. The van der Waals surface area contributed by atoms with Crippen LogP contribution in [0.15, 0.2) is 16.3 Å². The maximum Gasteiger partial charge on any atom is 0.219 e. The van der Waals surface area contributed by atoms with Crippen LogP contribution in [0.4, 0.5) is 0 Å². The Morgan fingerprint density at radius 1 is 1.55 bits per heavy atom. The summed E-state index contributed by atoms with van der Waals surface area (Å²) in [6.07, 6.45) is 3.66. The van der Waals surface area contributed by atoms with Gasteiger partial charge in [-0.3, -0.25) is 9.79 Å². The van der Waals surface area contributed by atoms with Crippen molar-refractivity contribution in [3.8, 4) is 0 Å². The van der Waals surface area contributed by atoms with E-state index in [1.165, 1.54) is 0 Å². The van der Waals surface area contributed by atoms with Crippen molar-refractivity contribution in [2.75, 3.05) is 26.3 Å². The topological polar surface area (TPSA) is 67.9 Å². The van der Waals surface area contributed by atoms with Gasteiger partial charge in [0.2, 0.25) is 5.91 Å². The van der Waals surface area contributed by atoms with Crippen LogP contribution in [0.3, 0.4) is 0 Å². The van der Waals surface area contributed by atoms with Crippen molar-refractivity contribution in [3.63, 3.8) is 0 Å². The standard InChI is InChI=1S/C15H25N3O2/c1-3-4-14(16)13-9-18(11(2)19)7-5-15(13)17-12-6-8-20-10-12/h12H,3-10,16H2,1-2H3/b14-13-,17-15?. The molecule has 2 fully saturated rings. The first-order chi connectivity index (χ1) is 9.61. The Hall–Kier alpha value is -1.36. The number of nitrogens with zero attached hydrogens (tertiary/aromatic N) is 2. The fourth-order valence-electron chi connectivity index (χ4n) is 2.72.